The average Bonchev–Trinajstić information content (AvgIpc) is 2.66. The maximum Gasteiger partial charge on any atom is 0.160 e. The number of nitrogens with one attached hydrogen (secondary N) is 1. The number of Topliss-reactive ketones (excluding diaryl/α,β-unsaturated/α-hetero) is 1. The Morgan fingerprint density at radius 3 is 2.00 bits per heavy atom. The van der Waals surface area contributed by atoms with Gasteiger partial charge in [0.1, 0.15) is 0 Å². The number of hydroxylamine groups is 1. The highest BCUT2D eigenvalue weighted by Gasteiger charge is 2.31. The molecular formula is C24H43NO2. The van der Waals surface area contributed by atoms with Crippen molar-refractivity contribution in [2.24, 2.45) is 11.8 Å². The third kappa shape index (κ3) is 7.97. The normalized spacial score (nSPS) is 26.1. The van der Waals surface area contributed by atoms with E-state index in [9.17, 15) is 4.79 Å². The molecule has 27 heavy (non-hydrogen) atoms. The molecule has 0 aromatic carbocycles. The molecule has 3 heteroatoms. The van der Waals surface area contributed by atoms with Crippen LogP contribution in [0.3, 0.4) is 0 Å². The molecule has 2 aliphatic carbocycles. The van der Waals surface area contributed by atoms with E-state index in [2.05, 4.69) is 12.4 Å². The summed E-state index contributed by atoms with van der Waals surface area (Å²) >= 11 is 0. The van der Waals surface area contributed by atoms with E-state index >= 15 is 0 Å². The Morgan fingerprint density at radius 2 is 1.48 bits per heavy atom. The minimum absolute atomic E-state index is 0.382. The van der Waals surface area contributed by atoms with Gasteiger partial charge in [0.05, 0.1) is 6.61 Å². The minimum atomic E-state index is 0.382. The van der Waals surface area contributed by atoms with E-state index in [-0.39, 0.29) is 0 Å². The Balaban J connectivity index is 1.95. The second kappa shape index (κ2) is 13.4. The van der Waals surface area contributed by atoms with Crippen molar-refractivity contribution >= 4 is 5.78 Å². The van der Waals surface area contributed by atoms with Crippen LogP contribution in [-0.2, 0) is 9.63 Å². The predicted molar refractivity (Wildman–Crippen MR) is 113 cm³/mol. The maximum absolute atomic E-state index is 13.0. The first-order valence-electron chi connectivity index (χ1n) is 11.9. The zero-order chi connectivity index (χ0) is 19.3. The van der Waals surface area contributed by atoms with Gasteiger partial charge in [-0.3, -0.25) is 15.1 Å². The Bertz CT molecular complexity index is 445. The van der Waals surface area contributed by atoms with Crippen LogP contribution in [0.1, 0.15) is 117 Å². The molecule has 0 amide bonds. The second-order valence-corrected chi connectivity index (χ2v) is 8.69. The molecule has 3 nitrogen and oxygen atoms in total. The number of carbonyl (C=O) groups is 1. The summed E-state index contributed by atoms with van der Waals surface area (Å²) in [5.74, 6) is 1.76. The van der Waals surface area contributed by atoms with E-state index in [4.69, 9.17) is 4.84 Å². The molecule has 0 heterocycles. The molecule has 0 bridgehead atoms. The maximum atomic E-state index is 13.0. The van der Waals surface area contributed by atoms with Crippen LogP contribution in [0.25, 0.3) is 0 Å². The van der Waals surface area contributed by atoms with Crippen LogP contribution >= 0.6 is 0 Å². The Kier molecular flexibility index (Phi) is 11.1. The number of carbonyl (C=O) groups excluding carboxylic acids is 1. The van der Waals surface area contributed by atoms with Gasteiger partial charge in [-0.15, -0.1) is 0 Å². The molecule has 0 aromatic heterocycles. The molecule has 0 saturated heterocycles. The summed E-state index contributed by atoms with van der Waals surface area (Å²) in [4.78, 5) is 18.4. The quantitative estimate of drug-likeness (QED) is 0.405. The van der Waals surface area contributed by atoms with Gasteiger partial charge in [0.2, 0.25) is 0 Å². The van der Waals surface area contributed by atoms with Crippen LogP contribution in [0.15, 0.2) is 11.3 Å². The molecule has 0 aliphatic heterocycles. The smallest absolute Gasteiger partial charge is 0.160 e. The highest BCUT2D eigenvalue weighted by atomic mass is 16.6. The lowest BCUT2D eigenvalue weighted by Gasteiger charge is -2.32. The van der Waals surface area contributed by atoms with Gasteiger partial charge in [-0.05, 0) is 38.0 Å². The molecule has 1 atom stereocenters. The van der Waals surface area contributed by atoms with E-state index in [0.29, 0.717) is 18.3 Å². The first-order chi connectivity index (χ1) is 13.3. The highest BCUT2D eigenvalue weighted by Crippen LogP contribution is 2.37. The third-order valence-electron chi connectivity index (χ3n) is 6.57. The molecule has 0 aromatic rings. The van der Waals surface area contributed by atoms with E-state index in [1.807, 2.05) is 6.92 Å². The van der Waals surface area contributed by atoms with Crippen molar-refractivity contribution in [1.82, 2.24) is 5.48 Å². The fraction of sp³-hybridized carbons (Fsp3) is 0.875. The van der Waals surface area contributed by atoms with Gasteiger partial charge in [0, 0.05) is 17.7 Å². The molecule has 2 saturated carbocycles. The number of hydrogen-bond donors (Lipinski definition) is 1. The van der Waals surface area contributed by atoms with Gasteiger partial charge in [0.25, 0.3) is 0 Å². The van der Waals surface area contributed by atoms with E-state index in [0.717, 1.165) is 42.9 Å². The van der Waals surface area contributed by atoms with Crippen molar-refractivity contribution in [3.05, 3.63) is 11.3 Å². The largest absolute Gasteiger partial charge is 0.294 e. The number of rotatable bonds is 6. The summed E-state index contributed by atoms with van der Waals surface area (Å²) in [5.41, 5.74) is 5.14. The molecule has 1 unspecified atom stereocenters. The SMILES string of the molecule is CCCC(NOCC)=C1CCC(C2CCCCCCCCCCC2)CC1=O. The van der Waals surface area contributed by atoms with Crippen molar-refractivity contribution in [2.75, 3.05) is 6.61 Å². The van der Waals surface area contributed by atoms with Crippen LogP contribution in [0, 0.1) is 11.8 Å². The lowest BCUT2D eigenvalue weighted by molar-refractivity contribution is -0.118. The van der Waals surface area contributed by atoms with Crippen molar-refractivity contribution in [3.63, 3.8) is 0 Å². The monoisotopic (exact) mass is 377 g/mol. The summed E-state index contributed by atoms with van der Waals surface area (Å²) in [6.07, 6.45) is 20.1. The van der Waals surface area contributed by atoms with Gasteiger partial charge in [-0.2, -0.15) is 0 Å². The molecule has 2 fully saturated rings. The van der Waals surface area contributed by atoms with Crippen LogP contribution in [0.2, 0.25) is 0 Å². The molecule has 1 N–H and O–H groups in total. The van der Waals surface area contributed by atoms with Gasteiger partial charge in [-0.1, -0.05) is 84.0 Å². The van der Waals surface area contributed by atoms with Crippen LogP contribution in [0.5, 0.6) is 0 Å². The number of hydrogen-bond acceptors (Lipinski definition) is 3. The standard InChI is InChI=1S/C24H43NO2/c1-3-14-23(25-27-4-2)22-18-17-21(19-24(22)26)20-15-12-10-8-6-5-7-9-11-13-16-20/h20-21,25H,3-19H2,1-2H3. The first-order valence-corrected chi connectivity index (χ1v) is 11.9. The molecular weight excluding hydrogens is 334 g/mol. The number of ketones is 1. The van der Waals surface area contributed by atoms with Crippen molar-refractivity contribution < 1.29 is 9.63 Å². The van der Waals surface area contributed by atoms with Crippen molar-refractivity contribution in [3.8, 4) is 0 Å². The summed E-state index contributed by atoms with van der Waals surface area (Å²) in [7, 11) is 0. The predicted octanol–water partition coefficient (Wildman–Crippen LogP) is 6.87. The van der Waals surface area contributed by atoms with Gasteiger partial charge >= 0.3 is 0 Å². The van der Waals surface area contributed by atoms with Gasteiger partial charge in [0.15, 0.2) is 5.78 Å². The topological polar surface area (TPSA) is 38.3 Å². The second-order valence-electron chi connectivity index (χ2n) is 8.69. The summed E-state index contributed by atoms with van der Waals surface area (Å²) < 4.78 is 0. The highest BCUT2D eigenvalue weighted by molar-refractivity contribution is 5.96. The van der Waals surface area contributed by atoms with Crippen LogP contribution in [0.4, 0.5) is 0 Å². The zero-order valence-electron chi connectivity index (χ0n) is 18.0. The summed E-state index contributed by atoms with van der Waals surface area (Å²) in [5, 5.41) is 0. The van der Waals surface area contributed by atoms with Crippen LogP contribution < -0.4 is 5.48 Å². The summed E-state index contributed by atoms with van der Waals surface area (Å²) in [6, 6.07) is 0. The van der Waals surface area contributed by atoms with Crippen molar-refractivity contribution in [2.45, 2.75) is 117 Å². The van der Waals surface area contributed by atoms with E-state index in [1.54, 1.807) is 0 Å². The third-order valence-corrected chi connectivity index (χ3v) is 6.57. The first kappa shape index (κ1) is 22.5. The minimum Gasteiger partial charge on any atom is -0.294 e. The number of allylic oxidation sites excluding steroid dienone is 2. The molecule has 0 spiro atoms. The lowest BCUT2D eigenvalue weighted by atomic mass is 9.73. The average molecular weight is 378 g/mol. The molecule has 156 valence electrons. The van der Waals surface area contributed by atoms with E-state index in [1.165, 1.54) is 77.0 Å². The van der Waals surface area contributed by atoms with Gasteiger partial charge in [-0.25, -0.2) is 0 Å². The molecule has 0 radical (unpaired) electrons. The van der Waals surface area contributed by atoms with Gasteiger partial charge < -0.3 is 0 Å². The lowest BCUT2D eigenvalue weighted by Crippen LogP contribution is -2.28. The Labute approximate surface area is 167 Å². The van der Waals surface area contributed by atoms with Crippen molar-refractivity contribution in [1.29, 1.82) is 0 Å². The molecule has 2 rings (SSSR count). The fourth-order valence-electron chi connectivity index (χ4n) is 4.99. The Hall–Kier alpha value is -0.830. The van der Waals surface area contributed by atoms with Crippen LogP contribution in [-0.4, -0.2) is 12.4 Å². The fourth-order valence-corrected chi connectivity index (χ4v) is 4.99. The van der Waals surface area contributed by atoms with E-state index < -0.39 is 0 Å². The zero-order valence-corrected chi connectivity index (χ0v) is 18.0. The molecule has 2 aliphatic rings. The summed E-state index contributed by atoms with van der Waals surface area (Å²) in [6.45, 7) is 4.76. The Morgan fingerprint density at radius 1 is 0.889 bits per heavy atom.